The summed E-state index contributed by atoms with van der Waals surface area (Å²) in [6, 6.07) is 43.5. The van der Waals surface area contributed by atoms with Crippen molar-refractivity contribution in [2.24, 2.45) is 0 Å². The van der Waals surface area contributed by atoms with Crippen molar-refractivity contribution in [3.63, 3.8) is 0 Å². The summed E-state index contributed by atoms with van der Waals surface area (Å²) in [6.07, 6.45) is 0. The van der Waals surface area contributed by atoms with E-state index in [9.17, 15) is 0 Å². The molecule has 7 aromatic rings. The first kappa shape index (κ1) is 40.3. The fourth-order valence-corrected chi connectivity index (χ4v) is 9.63. The molecule has 0 unspecified atom stereocenters. The molecule has 0 atom stereocenters. The van der Waals surface area contributed by atoms with Gasteiger partial charge in [-0.25, -0.2) is 0 Å². The van der Waals surface area contributed by atoms with Crippen LogP contribution in [0.4, 0.5) is 34.1 Å². The van der Waals surface area contributed by atoms with Gasteiger partial charge in [-0.1, -0.05) is 65.2 Å². The lowest BCUT2D eigenvalue weighted by molar-refractivity contribution is 1.00. The second-order valence-electron chi connectivity index (χ2n) is 16.5. The van der Waals surface area contributed by atoms with E-state index in [0.29, 0.717) is 0 Å². The van der Waals surface area contributed by atoms with Crippen molar-refractivity contribution in [2.45, 2.75) is 83.1 Å². The van der Waals surface area contributed by atoms with Gasteiger partial charge in [0.2, 0.25) is 0 Å². The van der Waals surface area contributed by atoms with E-state index in [-0.39, 0.29) is 0 Å². The molecule has 0 aromatic heterocycles. The van der Waals surface area contributed by atoms with Crippen molar-refractivity contribution >= 4 is 44.9 Å². The van der Waals surface area contributed by atoms with E-state index in [0.717, 1.165) is 18.8 Å². The number of aryl methyl sites for hydroxylation is 10. The molecule has 0 bridgehead atoms. The lowest BCUT2D eigenvalue weighted by Gasteiger charge is -2.28. The molecule has 0 saturated carbocycles. The highest BCUT2D eigenvalue weighted by Crippen LogP contribution is 2.43. The molecular weight excluding hydrogens is 703 g/mol. The Morgan fingerprint density at radius 2 is 0.879 bits per heavy atom. The van der Waals surface area contributed by atoms with Gasteiger partial charge in [0.05, 0.1) is 39.7 Å². The highest BCUT2D eigenvalue weighted by Gasteiger charge is 2.29. The molecule has 0 aliphatic carbocycles. The van der Waals surface area contributed by atoms with Gasteiger partial charge < -0.3 is 15.1 Å². The minimum Gasteiger partial charge on any atom is -0.354 e. The van der Waals surface area contributed by atoms with Crippen molar-refractivity contribution in [1.29, 1.82) is 0 Å². The molecule has 3 heteroatoms. The number of rotatable bonds is 11. The summed E-state index contributed by atoms with van der Waals surface area (Å²) >= 11 is 0. The Labute approximate surface area is 348 Å². The Hall–Kier alpha value is -5.93. The maximum absolute atomic E-state index is 3.86. The molecule has 0 aliphatic heterocycles. The molecule has 0 heterocycles. The quantitative estimate of drug-likeness (QED) is 0.105. The molecule has 3 nitrogen and oxygen atoms in total. The van der Waals surface area contributed by atoms with Gasteiger partial charge in [0.15, 0.2) is 0 Å². The minimum absolute atomic E-state index is 0.883. The summed E-state index contributed by atoms with van der Waals surface area (Å²) < 4.78 is 0. The summed E-state index contributed by atoms with van der Waals surface area (Å²) in [4.78, 5) is 4.92. The zero-order valence-corrected chi connectivity index (χ0v) is 36.8. The second kappa shape index (κ2) is 16.5. The Morgan fingerprint density at radius 3 is 1.38 bits per heavy atom. The first-order valence-corrected chi connectivity index (χ1v) is 21.0. The van der Waals surface area contributed by atoms with Crippen LogP contribution in [-0.2, 0) is 0 Å². The van der Waals surface area contributed by atoms with Crippen molar-refractivity contribution in [3.05, 3.63) is 194 Å². The summed E-state index contributed by atoms with van der Waals surface area (Å²) in [6.45, 7) is 28.4. The molecule has 0 saturated heterocycles. The summed E-state index contributed by atoms with van der Waals surface area (Å²) in [7, 11) is 0. The predicted octanol–water partition coefficient (Wildman–Crippen LogP) is 15.0. The van der Waals surface area contributed by atoms with E-state index in [1.54, 1.807) is 0 Å². The van der Waals surface area contributed by atoms with Crippen LogP contribution >= 0.6 is 0 Å². The monoisotopic (exact) mass is 762 g/mol. The molecule has 1 N–H and O–H groups in total. The Bertz CT molecular complexity index is 2560. The molecule has 58 heavy (non-hydrogen) atoms. The number of benzene rings is 7. The van der Waals surface area contributed by atoms with Gasteiger partial charge in [-0.2, -0.15) is 0 Å². The Balaban J connectivity index is 1.38. The molecule has 7 rings (SSSR count). The molecule has 294 valence electrons. The average Bonchev–Trinajstić information content (AvgIpc) is 3.17. The smallest absolute Gasteiger partial charge is 0.0641 e. The highest BCUT2D eigenvalue weighted by atomic mass is 15.1. The molecular formula is C55H60N3+. The van der Waals surface area contributed by atoms with Crippen LogP contribution in [0.3, 0.4) is 0 Å². The van der Waals surface area contributed by atoms with E-state index < -0.39 is 0 Å². The predicted molar refractivity (Wildman–Crippen MR) is 253 cm³/mol. The SMILES string of the molecule is CCN(c1ccc([C+](c2ccc(N(CC)c3c(C)cc(C)cc3C)cc2C)c2ccc(Nc3c(C)cc(C)cc3C)c3ccccc23)cc1)c1c(C)cc(C)cc1C. The van der Waals surface area contributed by atoms with Crippen molar-refractivity contribution in [3.8, 4) is 0 Å². The van der Waals surface area contributed by atoms with Crippen molar-refractivity contribution in [2.75, 3.05) is 28.2 Å². The molecule has 0 aliphatic rings. The van der Waals surface area contributed by atoms with E-state index in [1.165, 1.54) is 117 Å². The van der Waals surface area contributed by atoms with Gasteiger partial charge in [0.25, 0.3) is 0 Å². The van der Waals surface area contributed by atoms with Crippen LogP contribution in [0.25, 0.3) is 10.8 Å². The first-order chi connectivity index (χ1) is 27.8. The second-order valence-corrected chi connectivity index (χ2v) is 16.5. The van der Waals surface area contributed by atoms with Gasteiger partial charge in [-0.05, 0) is 183 Å². The molecule has 0 amide bonds. The lowest BCUT2D eigenvalue weighted by Crippen LogP contribution is -2.19. The number of hydrogen-bond acceptors (Lipinski definition) is 3. The third kappa shape index (κ3) is 7.71. The molecule has 0 fully saturated rings. The fraction of sp³-hybridized carbons (Fsp3) is 0.255. The van der Waals surface area contributed by atoms with E-state index >= 15 is 0 Å². The number of nitrogens with zero attached hydrogens (tertiary/aromatic N) is 2. The standard InChI is InChI=1S/C55H60N3/c1-13-57(54-40(9)29-35(4)30-41(54)10)45-21-19-44(20-22-45)52(47-24-23-46(33-37(47)6)58(14-2)55-42(11)31-36(5)32-43(55)12)50-25-26-51(49-18-16-15-17-48(49)50)56-53-38(7)27-34(3)28-39(53)8/h15-33,56H,13-14H2,1-12H3/q+1. The average molecular weight is 763 g/mol. The largest absolute Gasteiger partial charge is 0.354 e. The van der Waals surface area contributed by atoms with E-state index in [1.807, 2.05) is 0 Å². The third-order valence-corrected chi connectivity index (χ3v) is 11.8. The lowest BCUT2D eigenvalue weighted by atomic mass is 9.80. The van der Waals surface area contributed by atoms with Crippen LogP contribution in [0.1, 0.15) is 86.2 Å². The van der Waals surface area contributed by atoms with Gasteiger partial charge >= 0.3 is 0 Å². The van der Waals surface area contributed by atoms with Gasteiger partial charge in [-0.3, -0.25) is 0 Å². The van der Waals surface area contributed by atoms with Crippen LogP contribution in [0.2, 0.25) is 0 Å². The summed E-state index contributed by atoms with van der Waals surface area (Å²) in [5.74, 6) is 1.23. The fourth-order valence-electron chi connectivity index (χ4n) is 9.63. The number of fused-ring (bicyclic) bond motifs is 1. The Kier molecular flexibility index (Phi) is 11.5. The highest BCUT2D eigenvalue weighted by molar-refractivity contribution is 6.00. The van der Waals surface area contributed by atoms with Crippen LogP contribution in [0.15, 0.2) is 115 Å². The molecule has 0 radical (unpaired) electrons. The zero-order valence-electron chi connectivity index (χ0n) is 36.8. The van der Waals surface area contributed by atoms with Crippen LogP contribution in [-0.4, -0.2) is 13.1 Å². The van der Waals surface area contributed by atoms with Crippen molar-refractivity contribution in [1.82, 2.24) is 0 Å². The molecule has 0 spiro atoms. The zero-order chi connectivity index (χ0) is 41.4. The minimum atomic E-state index is 0.883. The normalized spacial score (nSPS) is 11.2. The van der Waals surface area contributed by atoms with Crippen LogP contribution in [0.5, 0.6) is 0 Å². The number of hydrogen-bond donors (Lipinski definition) is 1. The van der Waals surface area contributed by atoms with Crippen molar-refractivity contribution < 1.29 is 0 Å². The summed E-state index contributed by atoms with van der Waals surface area (Å²) in [5.41, 5.74) is 23.8. The van der Waals surface area contributed by atoms with Gasteiger partial charge in [0, 0.05) is 46.5 Å². The molecule has 7 aromatic carbocycles. The van der Waals surface area contributed by atoms with Crippen LogP contribution < -0.4 is 15.1 Å². The van der Waals surface area contributed by atoms with Gasteiger partial charge in [0.1, 0.15) is 0 Å². The van der Waals surface area contributed by atoms with Crippen LogP contribution in [0, 0.1) is 75.2 Å². The number of anilines is 6. The summed E-state index contributed by atoms with van der Waals surface area (Å²) in [5, 5.41) is 6.28. The maximum Gasteiger partial charge on any atom is 0.0641 e. The van der Waals surface area contributed by atoms with E-state index in [2.05, 4.69) is 213 Å². The van der Waals surface area contributed by atoms with Gasteiger partial charge in [-0.15, -0.1) is 0 Å². The number of nitrogens with one attached hydrogen (secondary N) is 1. The Morgan fingerprint density at radius 1 is 0.431 bits per heavy atom. The maximum atomic E-state index is 3.86. The topological polar surface area (TPSA) is 18.5 Å². The third-order valence-electron chi connectivity index (χ3n) is 11.8. The first-order valence-electron chi connectivity index (χ1n) is 21.0. The van der Waals surface area contributed by atoms with E-state index in [4.69, 9.17) is 0 Å².